The Balaban J connectivity index is 0.000000298. The highest BCUT2D eigenvalue weighted by atomic mass is 35.5. The fourth-order valence-electron chi connectivity index (χ4n) is 2.70. The molecular weight excluding hydrogens is 389 g/mol. The number of hydrogen-bond acceptors (Lipinski definition) is 2. The molecule has 0 saturated carbocycles. The molecule has 1 aliphatic carbocycles. The van der Waals surface area contributed by atoms with Crippen molar-refractivity contribution in [2.75, 3.05) is 0 Å². The van der Waals surface area contributed by atoms with Crippen molar-refractivity contribution in [2.45, 2.75) is 44.3 Å². The molecule has 1 aliphatic rings. The first-order chi connectivity index (χ1) is 12.1. The van der Waals surface area contributed by atoms with Crippen LogP contribution in [0.4, 0.5) is 0 Å². The van der Waals surface area contributed by atoms with Crippen molar-refractivity contribution in [1.29, 1.82) is 4.78 Å². The number of Topliss-reactive ketones (excluding diaryl/α,β-unsaturated/α-hetero) is 1. The van der Waals surface area contributed by atoms with Gasteiger partial charge in [0.2, 0.25) is 0 Å². The minimum Gasteiger partial charge on any atom is -0.322 e. The van der Waals surface area contributed by atoms with Gasteiger partial charge in [-0.3, -0.25) is 9.57 Å². The number of nitrogens with one attached hydrogen (secondary N) is 1. The van der Waals surface area contributed by atoms with E-state index in [2.05, 4.69) is 0 Å². The van der Waals surface area contributed by atoms with Gasteiger partial charge in [0.25, 0.3) is 0 Å². The molecule has 2 aromatic carbocycles. The first-order valence-electron chi connectivity index (χ1n) is 8.33. The van der Waals surface area contributed by atoms with Crippen LogP contribution in [0.5, 0.6) is 0 Å². The molecule has 0 aliphatic heterocycles. The summed E-state index contributed by atoms with van der Waals surface area (Å²) in [6.07, 6.45) is 1.41. The average molecular weight is 412 g/mol. The van der Waals surface area contributed by atoms with Crippen LogP contribution in [0, 0.1) is 4.78 Å². The standard InChI is InChI=1S/C16H12Cl2O.C4H11NOS/c17-14-7-5-10(9-15(14)18)11-6-8-16(19)13-4-2-1-3-12(11)13;1-4(2,3)7(5)6/h1-5,7,9,11H,6,8H2;1-3H3,(H2,5,6)/t11-;/m1./s1. The Labute approximate surface area is 167 Å². The molecule has 0 aromatic heterocycles. The third-order valence-electron chi connectivity index (χ3n) is 4.22. The largest absolute Gasteiger partial charge is 0.322 e. The van der Waals surface area contributed by atoms with Gasteiger partial charge in [-0.1, -0.05) is 53.5 Å². The molecule has 0 fully saturated rings. The molecular formula is C20H23Cl2NO2S. The van der Waals surface area contributed by atoms with Crippen LogP contribution >= 0.6 is 23.2 Å². The summed E-state index contributed by atoms with van der Waals surface area (Å²) in [5.41, 5.74) is 3.05. The van der Waals surface area contributed by atoms with Gasteiger partial charge in [0.05, 0.1) is 10.0 Å². The number of carbonyl (C=O) groups is 1. The Kier molecular flexibility index (Phi) is 7.03. The molecule has 2 atom stereocenters. The van der Waals surface area contributed by atoms with Crippen LogP contribution in [0.1, 0.15) is 61.0 Å². The molecule has 26 heavy (non-hydrogen) atoms. The Morgan fingerprint density at radius 1 is 1.12 bits per heavy atom. The smallest absolute Gasteiger partial charge is 0.163 e. The number of benzene rings is 2. The lowest BCUT2D eigenvalue weighted by atomic mass is 9.78. The molecule has 0 saturated heterocycles. The fraction of sp³-hybridized carbons (Fsp3) is 0.350. The van der Waals surface area contributed by atoms with E-state index in [-0.39, 0.29) is 16.4 Å². The number of rotatable bonds is 1. The van der Waals surface area contributed by atoms with Crippen molar-refractivity contribution in [3.05, 3.63) is 69.2 Å². The zero-order valence-electron chi connectivity index (χ0n) is 15.1. The summed E-state index contributed by atoms with van der Waals surface area (Å²) in [4.78, 5) is 11.9. The normalized spacial score (nSPS) is 17.8. The number of ketones is 1. The molecule has 3 rings (SSSR count). The van der Waals surface area contributed by atoms with Crippen molar-refractivity contribution in [1.82, 2.24) is 0 Å². The molecule has 0 radical (unpaired) electrons. The third-order valence-corrected chi connectivity index (χ3v) is 6.12. The Morgan fingerprint density at radius 2 is 1.73 bits per heavy atom. The highest BCUT2D eigenvalue weighted by Crippen LogP contribution is 2.38. The molecule has 0 amide bonds. The van der Waals surface area contributed by atoms with Crippen molar-refractivity contribution in [2.24, 2.45) is 0 Å². The molecule has 6 heteroatoms. The summed E-state index contributed by atoms with van der Waals surface area (Å²) >= 11 is 12.0. The molecule has 2 aromatic rings. The maximum Gasteiger partial charge on any atom is 0.163 e. The SMILES string of the molecule is CC(C)(C)S(=N)O.O=C1CC[C@H](c2ccc(Cl)c(Cl)c2)c2ccccc21. The Bertz CT molecular complexity index is 831. The average Bonchev–Trinajstić information content (AvgIpc) is 2.58. The van der Waals surface area contributed by atoms with Crippen molar-refractivity contribution in [3.8, 4) is 0 Å². The monoisotopic (exact) mass is 411 g/mol. The van der Waals surface area contributed by atoms with Crippen LogP contribution in [-0.4, -0.2) is 15.1 Å². The van der Waals surface area contributed by atoms with Gasteiger partial charge in [0, 0.05) is 33.6 Å². The molecule has 0 spiro atoms. The van der Waals surface area contributed by atoms with E-state index in [0.29, 0.717) is 16.5 Å². The van der Waals surface area contributed by atoms with Gasteiger partial charge in [-0.15, -0.1) is 0 Å². The van der Waals surface area contributed by atoms with Crippen LogP contribution in [0.25, 0.3) is 0 Å². The summed E-state index contributed by atoms with van der Waals surface area (Å²) < 4.78 is 15.1. The van der Waals surface area contributed by atoms with Crippen LogP contribution in [-0.2, 0) is 11.0 Å². The molecule has 140 valence electrons. The van der Waals surface area contributed by atoms with Gasteiger partial charge >= 0.3 is 0 Å². The Hall–Kier alpha value is -1.20. The van der Waals surface area contributed by atoms with Gasteiger partial charge in [0.15, 0.2) is 5.78 Å². The first-order valence-corrected chi connectivity index (χ1v) is 10.3. The second kappa shape index (κ2) is 8.66. The summed E-state index contributed by atoms with van der Waals surface area (Å²) in [5.74, 6) is 0.454. The van der Waals surface area contributed by atoms with Crippen LogP contribution in [0.15, 0.2) is 42.5 Å². The van der Waals surface area contributed by atoms with E-state index in [1.807, 2.05) is 63.2 Å². The summed E-state index contributed by atoms with van der Waals surface area (Å²) in [6.45, 7) is 5.51. The first kappa shape index (κ1) is 21.1. The summed E-state index contributed by atoms with van der Waals surface area (Å²) in [7, 11) is -1.18. The van der Waals surface area contributed by atoms with E-state index in [0.717, 1.165) is 23.1 Å². The minimum absolute atomic E-state index is 0.226. The highest BCUT2D eigenvalue weighted by Gasteiger charge is 2.26. The predicted molar refractivity (Wildman–Crippen MR) is 111 cm³/mol. The lowest BCUT2D eigenvalue weighted by molar-refractivity contribution is 0.0969. The second-order valence-electron chi connectivity index (χ2n) is 7.17. The van der Waals surface area contributed by atoms with Crippen molar-refractivity contribution < 1.29 is 9.35 Å². The number of fused-ring (bicyclic) bond motifs is 1. The number of hydrogen-bond donors (Lipinski definition) is 2. The minimum atomic E-state index is -1.18. The van der Waals surface area contributed by atoms with Crippen molar-refractivity contribution >= 4 is 40.0 Å². The van der Waals surface area contributed by atoms with E-state index in [1.54, 1.807) is 0 Å². The zero-order chi connectivity index (χ0) is 19.5. The molecule has 2 N–H and O–H groups in total. The fourth-order valence-corrected chi connectivity index (χ4v) is 3.00. The van der Waals surface area contributed by atoms with Crippen molar-refractivity contribution in [3.63, 3.8) is 0 Å². The highest BCUT2D eigenvalue weighted by molar-refractivity contribution is 7.81. The molecule has 0 heterocycles. The number of carbonyl (C=O) groups excluding carboxylic acids is 1. The second-order valence-corrected chi connectivity index (χ2v) is 9.78. The predicted octanol–water partition coefficient (Wildman–Crippen LogP) is 6.74. The van der Waals surface area contributed by atoms with Crippen LogP contribution < -0.4 is 0 Å². The number of halogens is 2. The molecule has 1 unspecified atom stereocenters. The van der Waals surface area contributed by atoms with E-state index in [1.165, 1.54) is 0 Å². The molecule has 3 nitrogen and oxygen atoms in total. The third kappa shape index (κ3) is 5.17. The van der Waals surface area contributed by atoms with Gasteiger partial charge < -0.3 is 4.55 Å². The maximum atomic E-state index is 11.9. The van der Waals surface area contributed by atoms with Gasteiger partial charge in [-0.25, -0.2) is 0 Å². The quantitative estimate of drug-likeness (QED) is 0.545. The summed E-state index contributed by atoms with van der Waals surface area (Å²) in [6, 6.07) is 13.5. The topological polar surface area (TPSA) is 61.1 Å². The van der Waals surface area contributed by atoms with E-state index in [4.69, 9.17) is 32.5 Å². The van der Waals surface area contributed by atoms with E-state index >= 15 is 0 Å². The molecule has 0 bridgehead atoms. The van der Waals surface area contributed by atoms with Gasteiger partial charge in [-0.2, -0.15) is 0 Å². The zero-order valence-corrected chi connectivity index (χ0v) is 17.4. The van der Waals surface area contributed by atoms with E-state index in [9.17, 15) is 4.79 Å². The van der Waals surface area contributed by atoms with Gasteiger partial charge in [0.1, 0.15) is 0 Å². The summed E-state index contributed by atoms with van der Waals surface area (Å²) in [5, 5.41) is 1.12. The lowest BCUT2D eigenvalue weighted by Gasteiger charge is -2.25. The van der Waals surface area contributed by atoms with Crippen LogP contribution in [0.3, 0.4) is 0 Å². The van der Waals surface area contributed by atoms with Gasteiger partial charge in [-0.05, 0) is 50.5 Å². The van der Waals surface area contributed by atoms with Crippen LogP contribution in [0.2, 0.25) is 10.0 Å². The Morgan fingerprint density at radius 3 is 2.31 bits per heavy atom. The maximum absolute atomic E-state index is 11.9. The van der Waals surface area contributed by atoms with E-state index < -0.39 is 11.0 Å². The lowest BCUT2D eigenvalue weighted by Crippen LogP contribution is -2.19.